The zero-order chi connectivity index (χ0) is 14.0. The van der Waals surface area contributed by atoms with E-state index in [2.05, 4.69) is 48.3 Å². The maximum Gasteiger partial charge on any atom is 0.124 e. The highest BCUT2D eigenvalue weighted by molar-refractivity contribution is 5.33. The van der Waals surface area contributed by atoms with Crippen LogP contribution in [0.15, 0.2) is 24.3 Å². The molecule has 0 aromatic heterocycles. The molecule has 1 spiro atoms. The monoisotopic (exact) mass is 274 g/mol. The third kappa shape index (κ3) is 2.99. The molecule has 3 rings (SSSR count). The number of nitrogens with zero attached hydrogens (tertiary/aromatic N) is 1. The predicted octanol–water partition coefficient (Wildman–Crippen LogP) is 2.66. The average molecular weight is 274 g/mol. The average Bonchev–Trinajstić information content (AvgIpc) is 3.02. The lowest BCUT2D eigenvalue weighted by molar-refractivity contribution is 0.229. The summed E-state index contributed by atoms with van der Waals surface area (Å²) >= 11 is 0. The smallest absolute Gasteiger partial charge is 0.124 e. The Hall–Kier alpha value is -1.06. The van der Waals surface area contributed by atoms with Crippen molar-refractivity contribution in [3.05, 3.63) is 29.8 Å². The fourth-order valence-corrected chi connectivity index (χ4v) is 3.55. The summed E-state index contributed by atoms with van der Waals surface area (Å²) in [4.78, 5) is 2.59. The highest BCUT2D eigenvalue weighted by Gasteiger charge is 2.40. The first-order chi connectivity index (χ1) is 9.67. The van der Waals surface area contributed by atoms with Crippen molar-refractivity contribution in [2.45, 2.75) is 39.3 Å². The van der Waals surface area contributed by atoms with Crippen molar-refractivity contribution in [3.63, 3.8) is 0 Å². The fourth-order valence-electron chi connectivity index (χ4n) is 3.55. The minimum Gasteiger partial charge on any atom is -0.491 e. The second kappa shape index (κ2) is 5.74. The van der Waals surface area contributed by atoms with Crippen molar-refractivity contribution in [2.75, 3.05) is 26.2 Å². The third-order valence-corrected chi connectivity index (χ3v) is 4.58. The number of nitrogens with one attached hydrogen (secondary N) is 1. The lowest BCUT2D eigenvalue weighted by Crippen LogP contribution is -2.29. The maximum absolute atomic E-state index is 5.93. The molecule has 2 saturated heterocycles. The van der Waals surface area contributed by atoms with Crippen LogP contribution in [0.2, 0.25) is 0 Å². The topological polar surface area (TPSA) is 24.5 Å². The Morgan fingerprint density at radius 2 is 2.15 bits per heavy atom. The lowest BCUT2D eigenvalue weighted by atomic mass is 9.86. The standard InChI is InChI=1S/C17H26N2O/c1-14(2)20-16-6-4-3-5-15(16)11-19-10-8-17(13-19)7-9-18-12-17/h3-6,14,18H,7-13H2,1-2H3. The molecule has 2 aliphatic rings. The van der Waals surface area contributed by atoms with Crippen LogP contribution in [0.25, 0.3) is 0 Å². The zero-order valence-electron chi connectivity index (χ0n) is 12.7. The number of benzene rings is 1. The molecule has 2 fully saturated rings. The van der Waals surface area contributed by atoms with Gasteiger partial charge in [0.25, 0.3) is 0 Å². The first kappa shape index (κ1) is 13.9. The first-order valence-electron chi connectivity index (χ1n) is 7.85. The van der Waals surface area contributed by atoms with Gasteiger partial charge in [-0.3, -0.25) is 4.90 Å². The van der Waals surface area contributed by atoms with Crippen molar-refractivity contribution in [1.29, 1.82) is 0 Å². The maximum atomic E-state index is 5.93. The summed E-state index contributed by atoms with van der Waals surface area (Å²) in [5, 5.41) is 3.53. The molecule has 0 aliphatic carbocycles. The summed E-state index contributed by atoms with van der Waals surface area (Å²) in [5.41, 5.74) is 1.87. The van der Waals surface area contributed by atoms with Crippen molar-refractivity contribution in [1.82, 2.24) is 10.2 Å². The number of hydrogen-bond acceptors (Lipinski definition) is 3. The largest absolute Gasteiger partial charge is 0.491 e. The lowest BCUT2D eigenvalue weighted by Gasteiger charge is -2.23. The summed E-state index contributed by atoms with van der Waals surface area (Å²) in [6, 6.07) is 8.48. The number of ether oxygens (including phenoxy) is 1. The van der Waals surface area contributed by atoms with E-state index in [0.29, 0.717) is 5.41 Å². The number of rotatable bonds is 4. The summed E-state index contributed by atoms with van der Waals surface area (Å²) in [5.74, 6) is 1.05. The highest BCUT2D eigenvalue weighted by atomic mass is 16.5. The van der Waals surface area contributed by atoms with E-state index in [1.54, 1.807) is 0 Å². The molecule has 110 valence electrons. The van der Waals surface area contributed by atoms with Gasteiger partial charge in [-0.25, -0.2) is 0 Å². The summed E-state index contributed by atoms with van der Waals surface area (Å²) in [6.45, 7) is 10.0. The molecule has 2 heterocycles. The zero-order valence-corrected chi connectivity index (χ0v) is 12.7. The van der Waals surface area contributed by atoms with Gasteiger partial charge in [0.15, 0.2) is 0 Å². The SMILES string of the molecule is CC(C)Oc1ccccc1CN1CCC2(CCNC2)C1. The van der Waals surface area contributed by atoms with Crippen LogP contribution in [0.5, 0.6) is 5.75 Å². The highest BCUT2D eigenvalue weighted by Crippen LogP contribution is 2.37. The van der Waals surface area contributed by atoms with E-state index < -0.39 is 0 Å². The number of hydrogen-bond donors (Lipinski definition) is 1. The van der Waals surface area contributed by atoms with Crippen LogP contribution in [0.4, 0.5) is 0 Å². The van der Waals surface area contributed by atoms with Crippen LogP contribution in [0, 0.1) is 5.41 Å². The van der Waals surface area contributed by atoms with E-state index in [9.17, 15) is 0 Å². The summed E-state index contributed by atoms with van der Waals surface area (Å²) in [6.07, 6.45) is 2.92. The molecule has 2 aliphatic heterocycles. The van der Waals surface area contributed by atoms with Crippen molar-refractivity contribution >= 4 is 0 Å². The van der Waals surface area contributed by atoms with Crippen LogP contribution in [-0.4, -0.2) is 37.2 Å². The van der Waals surface area contributed by atoms with Gasteiger partial charge in [0.05, 0.1) is 6.10 Å². The molecule has 3 nitrogen and oxygen atoms in total. The molecule has 3 heteroatoms. The molecule has 20 heavy (non-hydrogen) atoms. The first-order valence-corrected chi connectivity index (χ1v) is 7.85. The minimum absolute atomic E-state index is 0.236. The van der Waals surface area contributed by atoms with Gasteiger partial charge in [0.2, 0.25) is 0 Å². The van der Waals surface area contributed by atoms with Gasteiger partial charge in [-0.2, -0.15) is 0 Å². The Kier molecular flexibility index (Phi) is 3.99. The van der Waals surface area contributed by atoms with E-state index in [-0.39, 0.29) is 6.10 Å². The van der Waals surface area contributed by atoms with Gasteiger partial charge in [-0.1, -0.05) is 18.2 Å². The minimum atomic E-state index is 0.236. The van der Waals surface area contributed by atoms with E-state index in [1.807, 2.05) is 0 Å². The number of likely N-dealkylation sites (tertiary alicyclic amines) is 1. The quantitative estimate of drug-likeness (QED) is 0.913. The molecule has 1 unspecified atom stereocenters. The van der Waals surface area contributed by atoms with Crippen LogP contribution in [0.1, 0.15) is 32.3 Å². The van der Waals surface area contributed by atoms with Gasteiger partial charge in [0, 0.05) is 25.2 Å². The molecule has 0 bridgehead atoms. The van der Waals surface area contributed by atoms with E-state index in [4.69, 9.17) is 4.74 Å². The van der Waals surface area contributed by atoms with Crippen LogP contribution >= 0.6 is 0 Å². The molecule has 1 aromatic carbocycles. The van der Waals surface area contributed by atoms with Gasteiger partial charge in [0.1, 0.15) is 5.75 Å². The van der Waals surface area contributed by atoms with Crippen LogP contribution < -0.4 is 10.1 Å². The Morgan fingerprint density at radius 3 is 2.90 bits per heavy atom. The summed E-state index contributed by atoms with van der Waals surface area (Å²) < 4.78 is 5.93. The van der Waals surface area contributed by atoms with E-state index in [1.165, 1.54) is 44.6 Å². The van der Waals surface area contributed by atoms with Crippen molar-refractivity contribution < 1.29 is 4.74 Å². The van der Waals surface area contributed by atoms with Crippen molar-refractivity contribution in [3.8, 4) is 5.75 Å². The molecular weight excluding hydrogens is 248 g/mol. The molecule has 0 saturated carbocycles. The Morgan fingerprint density at radius 1 is 1.30 bits per heavy atom. The third-order valence-electron chi connectivity index (χ3n) is 4.58. The van der Waals surface area contributed by atoms with E-state index in [0.717, 1.165) is 12.3 Å². The van der Waals surface area contributed by atoms with E-state index >= 15 is 0 Å². The fraction of sp³-hybridized carbons (Fsp3) is 0.647. The van der Waals surface area contributed by atoms with Crippen molar-refractivity contribution in [2.24, 2.45) is 5.41 Å². The van der Waals surface area contributed by atoms with Crippen LogP contribution in [-0.2, 0) is 6.54 Å². The molecule has 1 atom stereocenters. The molecular formula is C17H26N2O. The van der Waals surface area contributed by atoms with Crippen LogP contribution in [0.3, 0.4) is 0 Å². The second-order valence-corrected chi connectivity index (χ2v) is 6.66. The number of para-hydroxylation sites is 1. The van der Waals surface area contributed by atoms with Gasteiger partial charge in [-0.15, -0.1) is 0 Å². The Labute approximate surface area is 122 Å². The molecule has 0 amide bonds. The second-order valence-electron chi connectivity index (χ2n) is 6.66. The van der Waals surface area contributed by atoms with Gasteiger partial charge >= 0.3 is 0 Å². The molecule has 1 aromatic rings. The van der Waals surface area contributed by atoms with Gasteiger partial charge in [-0.05, 0) is 51.3 Å². The summed E-state index contributed by atoms with van der Waals surface area (Å²) in [7, 11) is 0. The Bertz CT molecular complexity index is 452. The normalized spacial score (nSPS) is 26.8. The Balaban J connectivity index is 1.66. The predicted molar refractivity (Wildman–Crippen MR) is 82.0 cm³/mol. The molecule has 1 N–H and O–H groups in total. The van der Waals surface area contributed by atoms with Gasteiger partial charge < -0.3 is 10.1 Å². The molecule has 0 radical (unpaired) electrons.